The fourth-order valence-electron chi connectivity index (χ4n) is 1.49. The first-order valence-corrected chi connectivity index (χ1v) is 7.15. The van der Waals surface area contributed by atoms with Crippen molar-refractivity contribution >= 4 is 17.7 Å². The van der Waals surface area contributed by atoms with Crippen LogP contribution in [0, 0.1) is 0 Å². The van der Waals surface area contributed by atoms with Crippen molar-refractivity contribution in [3.05, 3.63) is 35.4 Å². The van der Waals surface area contributed by atoms with Crippen LogP contribution in [0.25, 0.3) is 0 Å². The normalized spacial score (nSPS) is 10.4. The van der Waals surface area contributed by atoms with Crippen LogP contribution in [0.15, 0.2) is 24.3 Å². The third kappa shape index (κ3) is 5.75. The molecule has 0 aliphatic rings. The van der Waals surface area contributed by atoms with Crippen molar-refractivity contribution < 1.29 is 9.90 Å². The first kappa shape index (κ1) is 14.1. The van der Waals surface area contributed by atoms with Gasteiger partial charge in [0.05, 0.1) is 5.56 Å². The lowest BCUT2D eigenvalue weighted by atomic mass is 10.1. The summed E-state index contributed by atoms with van der Waals surface area (Å²) in [5.74, 6) is 0.344. The number of nitrogens with one attached hydrogen (secondary N) is 1. The van der Waals surface area contributed by atoms with Crippen molar-refractivity contribution in [3.8, 4) is 0 Å². The maximum absolute atomic E-state index is 10.7. The molecule has 1 aromatic rings. The van der Waals surface area contributed by atoms with Gasteiger partial charge >= 0.3 is 5.97 Å². The lowest BCUT2D eigenvalue weighted by Gasteiger charge is -2.05. The fraction of sp³-hybridized carbons (Fsp3) is 0.462. The minimum absolute atomic E-state index is 0.341. The molecule has 0 bridgehead atoms. The van der Waals surface area contributed by atoms with E-state index in [0.29, 0.717) is 5.56 Å². The zero-order valence-electron chi connectivity index (χ0n) is 10.1. The average Bonchev–Trinajstić information content (AvgIpc) is 2.34. The van der Waals surface area contributed by atoms with Gasteiger partial charge in [0, 0.05) is 6.54 Å². The molecule has 1 aromatic carbocycles. The summed E-state index contributed by atoms with van der Waals surface area (Å²) in [5.41, 5.74) is 1.47. The standard InChI is InChI=1S/C13H19NO2S/c1-17-9-3-2-8-14-10-11-4-6-12(7-5-11)13(15)16/h4-7,14H,2-3,8-10H2,1H3,(H,15,16). The van der Waals surface area contributed by atoms with Crippen molar-refractivity contribution in [1.82, 2.24) is 5.32 Å². The van der Waals surface area contributed by atoms with Crippen LogP contribution in [0.3, 0.4) is 0 Å². The van der Waals surface area contributed by atoms with E-state index in [9.17, 15) is 4.79 Å². The van der Waals surface area contributed by atoms with Crippen molar-refractivity contribution in [2.24, 2.45) is 0 Å². The Morgan fingerprint density at radius 3 is 2.59 bits per heavy atom. The van der Waals surface area contributed by atoms with Gasteiger partial charge in [0.25, 0.3) is 0 Å². The Bertz CT molecular complexity index is 338. The number of carboxylic acids is 1. The number of rotatable bonds is 8. The Balaban J connectivity index is 2.21. The molecule has 0 saturated carbocycles. The molecule has 0 fully saturated rings. The summed E-state index contributed by atoms with van der Waals surface area (Å²) in [7, 11) is 0. The highest BCUT2D eigenvalue weighted by atomic mass is 32.2. The third-order valence-electron chi connectivity index (χ3n) is 2.48. The summed E-state index contributed by atoms with van der Waals surface area (Å²) in [6.45, 7) is 1.82. The first-order chi connectivity index (χ1) is 8.24. The Morgan fingerprint density at radius 2 is 2.00 bits per heavy atom. The van der Waals surface area contributed by atoms with Gasteiger partial charge in [-0.15, -0.1) is 0 Å². The summed E-state index contributed by atoms with van der Waals surface area (Å²) < 4.78 is 0. The molecule has 0 unspecified atom stereocenters. The van der Waals surface area contributed by atoms with Gasteiger partial charge in [0.15, 0.2) is 0 Å². The molecule has 0 aromatic heterocycles. The molecule has 0 spiro atoms. The Hall–Kier alpha value is -1.00. The van der Waals surface area contributed by atoms with E-state index in [1.807, 2.05) is 23.9 Å². The topological polar surface area (TPSA) is 49.3 Å². The molecule has 0 atom stereocenters. The molecule has 0 heterocycles. The summed E-state index contributed by atoms with van der Waals surface area (Å²) in [5, 5.41) is 12.1. The van der Waals surface area contributed by atoms with E-state index in [2.05, 4.69) is 11.6 Å². The quantitative estimate of drug-likeness (QED) is 0.699. The SMILES string of the molecule is CSCCCCNCc1ccc(C(=O)O)cc1. The van der Waals surface area contributed by atoms with Crippen LogP contribution in [-0.4, -0.2) is 29.6 Å². The predicted molar refractivity (Wildman–Crippen MR) is 72.7 cm³/mol. The van der Waals surface area contributed by atoms with Crippen LogP contribution < -0.4 is 5.32 Å². The highest BCUT2D eigenvalue weighted by molar-refractivity contribution is 7.98. The summed E-state index contributed by atoms with van der Waals surface area (Å²) in [4.78, 5) is 10.7. The minimum atomic E-state index is -0.874. The van der Waals surface area contributed by atoms with E-state index in [1.54, 1.807) is 12.1 Å². The number of benzene rings is 1. The number of carboxylic acid groups (broad SMARTS) is 1. The molecule has 0 radical (unpaired) electrons. The van der Waals surface area contributed by atoms with E-state index in [4.69, 9.17) is 5.11 Å². The number of hydrogen-bond donors (Lipinski definition) is 2. The largest absolute Gasteiger partial charge is 0.478 e. The van der Waals surface area contributed by atoms with Crippen LogP contribution in [0.2, 0.25) is 0 Å². The van der Waals surface area contributed by atoms with Gasteiger partial charge in [0.2, 0.25) is 0 Å². The molecule has 2 N–H and O–H groups in total. The molecule has 3 nitrogen and oxygen atoms in total. The summed E-state index contributed by atoms with van der Waals surface area (Å²) >= 11 is 1.88. The fourth-order valence-corrected chi connectivity index (χ4v) is 1.99. The zero-order valence-corrected chi connectivity index (χ0v) is 10.9. The van der Waals surface area contributed by atoms with E-state index < -0.39 is 5.97 Å². The summed E-state index contributed by atoms with van der Waals surface area (Å²) in [6.07, 6.45) is 4.55. The molecule has 4 heteroatoms. The number of unbranched alkanes of at least 4 members (excludes halogenated alkanes) is 1. The number of thioether (sulfide) groups is 1. The summed E-state index contributed by atoms with van der Waals surface area (Å²) in [6, 6.07) is 7.01. The first-order valence-electron chi connectivity index (χ1n) is 5.76. The van der Waals surface area contributed by atoms with Crippen LogP contribution >= 0.6 is 11.8 Å². The Kier molecular flexibility index (Phi) is 6.74. The molecule has 0 aliphatic carbocycles. The third-order valence-corrected chi connectivity index (χ3v) is 3.18. The maximum atomic E-state index is 10.7. The Morgan fingerprint density at radius 1 is 1.29 bits per heavy atom. The molecule has 0 amide bonds. The zero-order chi connectivity index (χ0) is 12.5. The predicted octanol–water partition coefficient (Wildman–Crippen LogP) is 2.62. The van der Waals surface area contributed by atoms with Gasteiger partial charge in [-0.05, 0) is 49.1 Å². The molecule has 94 valence electrons. The highest BCUT2D eigenvalue weighted by Gasteiger charge is 2.01. The second-order valence-corrected chi connectivity index (χ2v) is 4.86. The van der Waals surface area contributed by atoms with Crippen LogP contribution in [-0.2, 0) is 6.54 Å². The van der Waals surface area contributed by atoms with Gasteiger partial charge in [-0.3, -0.25) is 0 Å². The Labute approximate surface area is 107 Å². The molecule has 0 aliphatic heterocycles. The molecular weight excluding hydrogens is 234 g/mol. The van der Waals surface area contributed by atoms with E-state index >= 15 is 0 Å². The van der Waals surface area contributed by atoms with Gasteiger partial charge in [-0.2, -0.15) is 11.8 Å². The van der Waals surface area contributed by atoms with E-state index in [0.717, 1.165) is 18.7 Å². The molecule has 0 saturated heterocycles. The van der Waals surface area contributed by atoms with Crippen molar-refractivity contribution in [3.63, 3.8) is 0 Å². The van der Waals surface area contributed by atoms with E-state index in [-0.39, 0.29) is 0 Å². The van der Waals surface area contributed by atoms with Crippen molar-refractivity contribution in [2.75, 3.05) is 18.6 Å². The van der Waals surface area contributed by atoms with Crippen molar-refractivity contribution in [1.29, 1.82) is 0 Å². The number of aromatic carboxylic acids is 1. The maximum Gasteiger partial charge on any atom is 0.335 e. The second kappa shape index (κ2) is 8.14. The van der Waals surface area contributed by atoms with Gasteiger partial charge in [0.1, 0.15) is 0 Å². The van der Waals surface area contributed by atoms with Crippen LogP contribution in [0.1, 0.15) is 28.8 Å². The van der Waals surface area contributed by atoms with Gasteiger partial charge in [-0.1, -0.05) is 12.1 Å². The second-order valence-electron chi connectivity index (χ2n) is 3.88. The molecule has 1 rings (SSSR count). The molecular formula is C13H19NO2S. The minimum Gasteiger partial charge on any atom is -0.478 e. The lowest BCUT2D eigenvalue weighted by Crippen LogP contribution is -2.14. The highest BCUT2D eigenvalue weighted by Crippen LogP contribution is 2.04. The smallest absolute Gasteiger partial charge is 0.335 e. The number of carbonyl (C=O) groups is 1. The molecule has 17 heavy (non-hydrogen) atoms. The lowest BCUT2D eigenvalue weighted by molar-refractivity contribution is 0.0697. The van der Waals surface area contributed by atoms with Gasteiger partial charge < -0.3 is 10.4 Å². The van der Waals surface area contributed by atoms with Gasteiger partial charge in [-0.25, -0.2) is 4.79 Å². The van der Waals surface area contributed by atoms with Crippen LogP contribution in [0.5, 0.6) is 0 Å². The van der Waals surface area contributed by atoms with Crippen molar-refractivity contribution in [2.45, 2.75) is 19.4 Å². The average molecular weight is 253 g/mol. The number of hydrogen-bond acceptors (Lipinski definition) is 3. The van der Waals surface area contributed by atoms with Crippen LogP contribution in [0.4, 0.5) is 0 Å². The monoisotopic (exact) mass is 253 g/mol. The van der Waals surface area contributed by atoms with E-state index in [1.165, 1.54) is 18.6 Å².